The number of hydrogen-bond acceptors (Lipinski definition) is 7. The number of nitrogens with one attached hydrogen (secondary N) is 1. The SMILES string of the molecule is C=CCn1c(Cc2cccn2C)nnc1SCC(=O)Nc1scc(-c2ccccc2)c1C(=O)OCC. The highest BCUT2D eigenvalue weighted by atomic mass is 32.2. The number of nitrogens with zero attached hydrogens (tertiary/aromatic N) is 4. The largest absolute Gasteiger partial charge is 0.462 e. The van der Waals surface area contributed by atoms with Crippen LogP contribution in [0.3, 0.4) is 0 Å². The first kappa shape index (κ1) is 25.5. The molecular weight excluding hydrogens is 494 g/mol. The zero-order chi connectivity index (χ0) is 25.5. The van der Waals surface area contributed by atoms with Crippen LogP contribution in [-0.4, -0.2) is 43.6 Å². The molecule has 3 aromatic heterocycles. The Labute approximate surface area is 218 Å². The molecule has 0 aliphatic rings. The summed E-state index contributed by atoms with van der Waals surface area (Å²) in [6, 6.07) is 13.6. The second-order valence-electron chi connectivity index (χ2n) is 7.86. The Hall–Kier alpha value is -3.63. The van der Waals surface area contributed by atoms with E-state index in [0.29, 0.717) is 28.7 Å². The second kappa shape index (κ2) is 11.9. The summed E-state index contributed by atoms with van der Waals surface area (Å²) >= 11 is 2.59. The molecule has 1 amide bonds. The van der Waals surface area contributed by atoms with Crippen molar-refractivity contribution >= 4 is 40.0 Å². The molecule has 0 unspecified atom stereocenters. The average Bonchev–Trinajstić information content (AvgIpc) is 3.58. The van der Waals surface area contributed by atoms with Crippen molar-refractivity contribution in [2.45, 2.75) is 25.0 Å². The smallest absolute Gasteiger partial charge is 0.341 e. The predicted octanol–water partition coefficient (Wildman–Crippen LogP) is 5.03. The van der Waals surface area contributed by atoms with Crippen molar-refractivity contribution in [2.75, 3.05) is 17.7 Å². The van der Waals surface area contributed by atoms with Gasteiger partial charge in [0.15, 0.2) is 5.16 Å². The Balaban J connectivity index is 1.49. The van der Waals surface area contributed by atoms with Gasteiger partial charge in [-0.3, -0.25) is 4.79 Å². The molecule has 0 fully saturated rings. The van der Waals surface area contributed by atoms with Gasteiger partial charge in [0, 0.05) is 42.8 Å². The Morgan fingerprint density at radius 3 is 2.69 bits per heavy atom. The maximum absolute atomic E-state index is 12.9. The van der Waals surface area contributed by atoms with E-state index in [9.17, 15) is 9.59 Å². The van der Waals surface area contributed by atoms with E-state index in [0.717, 1.165) is 22.6 Å². The van der Waals surface area contributed by atoms with Crippen molar-refractivity contribution in [2.24, 2.45) is 7.05 Å². The maximum atomic E-state index is 12.9. The van der Waals surface area contributed by atoms with Gasteiger partial charge in [0.05, 0.1) is 12.4 Å². The number of ether oxygens (including phenoxy) is 1. The van der Waals surface area contributed by atoms with Gasteiger partial charge in [-0.25, -0.2) is 4.79 Å². The lowest BCUT2D eigenvalue weighted by Gasteiger charge is -2.10. The molecule has 0 atom stereocenters. The van der Waals surface area contributed by atoms with Gasteiger partial charge in [0.2, 0.25) is 5.91 Å². The number of thioether (sulfide) groups is 1. The first-order valence-corrected chi connectivity index (χ1v) is 13.3. The lowest BCUT2D eigenvalue weighted by atomic mass is 10.0. The monoisotopic (exact) mass is 521 g/mol. The number of hydrogen-bond donors (Lipinski definition) is 1. The number of rotatable bonds is 11. The highest BCUT2D eigenvalue weighted by Crippen LogP contribution is 2.36. The first-order chi connectivity index (χ1) is 17.5. The Bertz CT molecular complexity index is 1360. The number of allylic oxidation sites excluding steroid dienone is 1. The minimum absolute atomic E-state index is 0.111. The van der Waals surface area contributed by atoms with Gasteiger partial charge in [0.1, 0.15) is 16.4 Å². The van der Waals surface area contributed by atoms with Gasteiger partial charge in [-0.05, 0) is 24.6 Å². The standard InChI is InChI=1S/C26H27N5O3S2/c1-4-13-31-21(15-19-12-9-14-30(19)3)28-29-26(31)36-17-22(32)27-24-23(25(33)34-5-2)20(16-35-24)18-10-7-6-8-11-18/h4,6-12,14,16H,1,5,13,15,17H2,2-3H3,(H,27,32). The predicted molar refractivity (Wildman–Crippen MR) is 144 cm³/mol. The fourth-order valence-corrected chi connectivity index (χ4v) is 5.43. The molecule has 186 valence electrons. The lowest BCUT2D eigenvalue weighted by molar-refractivity contribution is -0.113. The van der Waals surface area contributed by atoms with Crippen molar-refractivity contribution in [3.63, 3.8) is 0 Å². The van der Waals surface area contributed by atoms with Crippen molar-refractivity contribution in [3.8, 4) is 11.1 Å². The summed E-state index contributed by atoms with van der Waals surface area (Å²) in [6.45, 7) is 6.38. The van der Waals surface area contributed by atoms with Gasteiger partial charge < -0.3 is 19.2 Å². The zero-order valence-electron chi connectivity index (χ0n) is 20.1. The van der Waals surface area contributed by atoms with E-state index in [1.165, 1.54) is 23.1 Å². The number of amides is 1. The molecular formula is C26H27N5O3S2. The molecule has 4 aromatic rings. The topological polar surface area (TPSA) is 91.0 Å². The third kappa shape index (κ3) is 5.77. The molecule has 8 nitrogen and oxygen atoms in total. The van der Waals surface area contributed by atoms with Gasteiger partial charge in [-0.15, -0.1) is 28.1 Å². The quantitative estimate of drug-likeness (QED) is 0.169. The van der Waals surface area contributed by atoms with Crippen LogP contribution in [0.15, 0.2) is 71.9 Å². The molecule has 36 heavy (non-hydrogen) atoms. The van der Waals surface area contributed by atoms with Crippen molar-refractivity contribution in [1.82, 2.24) is 19.3 Å². The average molecular weight is 522 g/mol. The fraction of sp³-hybridized carbons (Fsp3) is 0.231. The number of aryl methyl sites for hydroxylation is 1. The number of aromatic nitrogens is 4. The van der Waals surface area contributed by atoms with E-state index in [4.69, 9.17) is 4.74 Å². The maximum Gasteiger partial charge on any atom is 0.341 e. The van der Waals surface area contributed by atoms with E-state index in [2.05, 4.69) is 22.1 Å². The number of carbonyl (C=O) groups excluding carboxylic acids is 2. The molecule has 0 aliphatic carbocycles. The number of carbonyl (C=O) groups is 2. The van der Waals surface area contributed by atoms with Crippen molar-refractivity contribution in [1.29, 1.82) is 0 Å². The summed E-state index contributed by atoms with van der Waals surface area (Å²) in [5.41, 5.74) is 3.10. The van der Waals surface area contributed by atoms with Crippen LogP contribution in [0, 0.1) is 0 Å². The van der Waals surface area contributed by atoms with Crippen molar-refractivity contribution in [3.05, 3.63) is 83.8 Å². The molecule has 1 N–H and O–H groups in total. The van der Waals surface area contributed by atoms with E-state index in [-0.39, 0.29) is 18.3 Å². The van der Waals surface area contributed by atoms with Crippen LogP contribution >= 0.6 is 23.1 Å². The van der Waals surface area contributed by atoms with Crippen molar-refractivity contribution < 1.29 is 14.3 Å². The fourth-order valence-electron chi connectivity index (χ4n) is 3.69. The minimum Gasteiger partial charge on any atom is -0.462 e. The van der Waals surface area contributed by atoms with Gasteiger partial charge in [-0.2, -0.15) is 0 Å². The molecule has 0 spiro atoms. The summed E-state index contributed by atoms with van der Waals surface area (Å²) in [6.07, 6.45) is 4.39. The molecule has 0 aliphatic heterocycles. The van der Waals surface area contributed by atoms with Gasteiger partial charge >= 0.3 is 5.97 Å². The van der Waals surface area contributed by atoms with E-state index < -0.39 is 5.97 Å². The number of benzene rings is 1. The van der Waals surface area contributed by atoms with Crippen LogP contribution in [0.25, 0.3) is 11.1 Å². The number of esters is 1. The molecule has 10 heteroatoms. The number of anilines is 1. The summed E-state index contributed by atoms with van der Waals surface area (Å²) in [7, 11) is 1.99. The summed E-state index contributed by atoms with van der Waals surface area (Å²) < 4.78 is 9.27. The summed E-state index contributed by atoms with van der Waals surface area (Å²) in [4.78, 5) is 25.6. The molecule has 3 heterocycles. The summed E-state index contributed by atoms with van der Waals surface area (Å²) in [5.74, 6) is 0.205. The van der Waals surface area contributed by atoms with E-state index in [1.807, 2.05) is 70.2 Å². The normalized spacial score (nSPS) is 10.8. The molecule has 0 bridgehead atoms. The second-order valence-corrected chi connectivity index (χ2v) is 9.68. The van der Waals surface area contributed by atoms with Crippen LogP contribution in [0.5, 0.6) is 0 Å². The van der Waals surface area contributed by atoms with E-state index >= 15 is 0 Å². The lowest BCUT2D eigenvalue weighted by Crippen LogP contribution is -2.17. The minimum atomic E-state index is -0.461. The third-order valence-corrected chi connectivity index (χ3v) is 7.30. The molecule has 1 aromatic carbocycles. The first-order valence-electron chi connectivity index (χ1n) is 11.4. The van der Waals surface area contributed by atoms with Crippen LogP contribution in [-0.2, 0) is 29.5 Å². The highest BCUT2D eigenvalue weighted by molar-refractivity contribution is 7.99. The molecule has 0 saturated carbocycles. The molecule has 0 radical (unpaired) electrons. The summed E-state index contributed by atoms with van der Waals surface area (Å²) in [5, 5.41) is 14.5. The number of thiophene rings is 1. The van der Waals surface area contributed by atoms with Crippen LogP contribution in [0.2, 0.25) is 0 Å². The highest BCUT2D eigenvalue weighted by Gasteiger charge is 2.23. The van der Waals surface area contributed by atoms with E-state index in [1.54, 1.807) is 13.0 Å². The molecule has 4 rings (SSSR count). The third-order valence-electron chi connectivity index (χ3n) is 5.44. The Morgan fingerprint density at radius 1 is 1.19 bits per heavy atom. The van der Waals surface area contributed by atoms with Gasteiger partial charge in [0.25, 0.3) is 0 Å². The molecule has 0 saturated heterocycles. The Kier molecular flexibility index (Phi) is 8.40. The van der Waals surface area contributed by atoms with Crippen LogP contribution in [0.1, 0.15) is 28.8 Å². The Morgan fingerprint density at radius 2 is 2.00 bits per heavy atom. The van der Waals surface area contributed by atoms with Crippen LogP contribution in [0.4, 0.5) is 5.00 Å². The van der Waals surface area contributed by atoms with Crippen LogP contribution < -0.4 is 5.32 Å². The zero-order valence-corrected chi connectivity index (χ0v) is 21.8. The van der Waals surface area contributed by atoms with Gasteiger partial charge in [-0.1, -0.05) is 48.2 Å².